The van der Waals surface area contributed by atoms with Gasteiger partial charge in [-0.05, 0) is 12.0 Å². The van der Waals surface area contributed by atoms with Gasteiger partial charge in [0.25, 0.3) is 0 Å². The summed E-state index contributed by atoms with van der Waals surface area (Å²) in [7, 11) is 0. The van der Waals surface area contributed by atoms with Crippen LogP contribution in [0.25, 0.3) is 0 Å². The Balaban J connectivity index is 2.69. The molecular formula is C9H14N2O. The topological polar surface area (TPSA) is 34.9 Å². The van der Waals surface area contributed by atoms with Crippen LogP contribution in [0.5, 0.6) is 0 Å². The van der Waals surface area contributed by atoms with Gasteiger partial charge in [-0.25, -0.2) is 0 Å². The summed E-state index contributed by atoms with van der Waals surface area (Å²) in [6, 6.07) is 1.89. The Hall–Kier alpha value is -1.12. The molecule has 0 amide bonds. The van der Waals surface area contributed by atoms with Crippen molar-refractivity contribution in [3.05, 3.63) is 18.0 Å². The zero-order valence-electron chi connectivity index (χ0n) is 7.53. The van der Waals surface area contributed by atoms with Gasteiger partial charge in [0.1, 0.15) is 6.29 Å². The second-order valence-electron chi connectivity index (χ2n) is 3.27. The molecule has 1 rings (SSSR count). The standard InChI is InChI=1S/C9H14N2O/c1-8(2)7-11-9(4-6-12)3-5-10-11/h3,5-6,8H,4,7H2,1-2H3. The number of carbonyl (C=O) groups is 1. The summed E-state index contributed by atoms with van der Waals surface area (Å²) >= 11 is 0. The molecule has 0 aliphatic heterocycles. The van der Waals surface area contributed by atoms with E-state index in [2.05, 4.69) is 18.9 Å². The number of aromatic nitrogens is 2. The Morgan fingerprint density at radius 1 is 1.67 bits per heavy atom. The van der Waals surface area contributed by atoms with E-state index >= 15 is 0 Å². The fraction of sp³-hybridized carbons (Fsp3) is 0.556. The van der Waals surface area contributed by atoms with Crippen LogP contribution < -0.4 is 0 Å². The molecule has 3 heteroatoms. The van der Waals surface area contributed by atoms with E-state index in [1.54, 1.807) is 6.20 Å². The predicted molar refractivity (Wildman–Crippen MR) is 46.8 cm³/mol. The summed E-state index contributed by atoms with van der Waals surface area (Å²) in [5.41, 5.74) is 0.999. The molecule has 0 aromatic carbocycles. The molecule has 12 heavy (non-hydrogen) atoms. The lowest BCUT2D eigenvalue weighted by molar-refractivity contribution is -0.107. The van der Waals surface area contributed by atoms with Gasteiger partial charge in [-0.15, -0.1) is 0 Å². The van der Waals surface area contributed by atoms with Crippen molar-refractivity contribution in [2.24, 2.45) is 5.92 Å². The van der Waals surface area contributed by atoms with Crippen LogP contribution in [0.2, 0.25) is 0 Å². The van der Waals surface area contributed by atoms with E-state index in [-0.39, 0.29) is 0 Å². The van der Waals surface area contributed by atoms with Crippen LogP contribution in [-0.2, 0) is 17.8 Å². The number of hydrogen-bond acceptors (Lipinski definition) is 2. The lowest BCUT2D eigenvalue weighted by Gasteiger charge is -2.07. The van der Waals surface area contributed by atoms with Gasteiger partial charge >= 0.3 is 0 Å². The minimum atomic E-state index is 0.465. The number of nitrogens with zero attached hydrogens (tertiary/aromatic N) is 2. The SMILES string of the molecule is CC(C)Cn1nccc1CC=O. The number of rotatable bonds is 4. The zero-order valence-corrected chi connectivity index (χ0v) is 7.53. The van der Waals surface area contributed by atoms with Gasteiger partial charge in [0, 0.05) is 24.9 Å². The summed E-state index contributed by atoms with van der Waals surface area (Å²) in [6.45, 7) is 5.15. The van der Waals surface area contributed by atoms with E-state index in [0.29, 0.717) is 12.3 Å². The number of aldehydes is 1. The quantitative estimate of drug-likeness (QED) is 0.631. The van der Waals surface area contributed by atoms with Crippen LogP contribution in [-0.4, -0.2) is 16.1 Å². The number of carbonyl (C=O) groups excluding carboxylic acids is 1. The molecule has 1 heterocycles. The van der Waals surface area contributed by atoms with Gasteiger partial charge in [-0.1, -0.05) is 13.8 Å². The molecule has 66 valence electrons. The highest BCUT2D eigenvalue weighted by Gasteiger charge is 2.02. The minimum absolute atomic E-state index is 0.465. The van der Waals surface area contributed by atoms with Crippen molar-refractivity contribution in [3.8, 4) is 0 Å². The molecule has 0 fully saturated rings. The largest absolute Gasteiger partial charge is 0.303 e. The number of hydrogen-bond donors (Lipinski definition) is 0. The normalized spacial score (nSPS) is 10.6. The van der Waals surface area contributed by atoms with Crippen molar-refractivity contribution in [1.82, 2.24) is 9.78 Å². The Bertz CT molecular complexity index is 253. The van der Waals surface area contributed by atoms with Crippen LogP contribution >= 0.6 is 0 Å². The first-order valence-electron chi connectivity index (χ1n) is 4.18. The summed E-state index contributed by atoms with van der Waals surface area (Å²) in [5, 5.41) is 4.13. The first kappa shape index (κ1) is 8.97. The second-order valence-corrected chi connectivity index (χ2v) is 3.27. The summed E-state index contributed by atoms with van der Waals surface area (Å²) in [6.07, 6.45) is 3.11. The van der Waals surface area contributed by atoms with E-state index in [1.807, 2.05) is 10.7 Å². The van der Waals surface area contributed by atoms with Crippen LogP contribution in [0.4, 0.5) is 0 Å². The van der Waals surface area contributed by atoms with Crippen LogP contribution in [0.15, 0.2) is 12.3 Å². The van der Waals surface area contributed by atoms with Crippen molar-refractivity contribution in [1.29, 1.82) is 0 Å². The molecule has 0 saturated carbocycles. The molecule has 1 aromatic rings. The second kappa shape index (κ2) is 4.04. The van der Waals surface area contributed by atoms with Crippen LogP contribution in [0, 0.1) is 5.92 Å². The van der Waals surface area contributed by atoms with Crippen LogP contribution in [0.3, 0.4) is 0 Å². The maximum atomic E-state index is 10.3. The van der Waals surface area contributed by atoms with Crippen molar-refractivity contribution in [3.63, 3.8) is 0 Å². The third-order valence-electron chi connectivity index (χ3n) is 1.64. The Kier molecular flexibility index (Phi) is 3.02. The Morgan fingerprint density at radius 2 is 2.42 bits per heavy atom. The molecule has 0 unspecified atom stereocenters. The Labute approximate surface area is 72.4 Å². The molecule has 0 N–H and O–H groups in total. The average molecular weight is 166 g/mol. The third kappa shape index (κ3) is 2.19. The van der Waals surface area contributed by atoms with Gasteiger partial charge in [0.05, 0.1) is 0 Å². The highest BCUT2D eigenvalue weighted by molar-refractivity contribution is 5.53. The lowest BCUT2D eigenvalue weighted by atomic mass is 10.2. The van der Waals surface area contributed by atoms with Crippen molar-refractivity contribution in [2.75, 3.05) is 0 Å². The van der Waals surface area contributed by atoms with E-state index in [0.717, 1.165) is 18.5 Å². The predicted octanol–water partition coefficient (Wildman–Crippen LogP) is 1.28. The zero-order chi connectivity index (χ0) is 8.97. The third-order valence-corrected chi connectivity index (χ3v) is 1.64. The van der Waals surface area contributed by atoms with Gasteiger partial charge < -0.3 is 4.79 Å². The van der Waals surface area contributed by atoms with E-state index in [4.69, 9.17) is 0 Å². The Morgan fingerprint density at radius 3 is 3.00 bits per heavy atom. The average Bonchev–Trinajstić information content (AvgIpc) is 2.37. The van der Waals surface area contributed by atoms with E-state index in [1.165, 1.54) is 0 Å². The fourth-order valence-electron chi connectivity index (χ4n) is 1.13. The van der Waals surface area contributed by atoms with Crippen LogP contribution in [0.1, 0.15) is 19.5 Å². The molecular weight excluding hydrogens is 152 g/mol. The maximum absolute atomic E-state index is 10.3. The minimum Gasteiger partial charge on any atom is -0.303 e. The summed E-state index contributed by atoms with van der Waals surface area (Å²) < 4.78 is 1.89. The maximum Gasteiger partial charge on any atom is 0.125 e. The van der Waals surface area contributed by atoms with E-state index in [9.17, 15) is 4.79 Å². The lowest BCUT2D eigenvalue weighted by Crippen LogP contribution is -2.09. The van der Waals surface area contributed by atoms with Gasteiger partial charge in [0.15, 0.2) is 0 Å². The van der Waals surface area contributed by atoms with Gasteiger partial charge in [-0.2, -0.15) is 5.10 Å². The smallest absolute Gasteiger partial charge is 0.125 e. The first-order chi connectivity index (χ1) is 5.74. The molecule has 0 bridgehead atoms. The highest BCUT2D eigenvalue weighted by Crippen LogP contribution is 2.03. The molecule has 0 saturated heterocycles. The monoisotopic (exact) mass is 166 g/mol. The van der Waals surface area contributed by atoms with Crippen molar-refractivity contribution in [2.45, 2.75) is 26.8 Å². The molecule has 0 atom stereocenters. The fourth-order valence-corrected chi connectivity index (χ4v) is 1.13. The summed E-state index contributed by atoms with van der Waals surface area (Å²) in [4.78, 5) is 10.3. The van der Waals surface area contributed by atoms with Gasteiger partial charge in [0.2, 0.25) is 0 Å². The molecule has 3 nitrogen and oxygen atoms in total. The first-order valence-corrected chi connectivity index (χ1v) is 4.18. The van der Waals surface area contributed by atoms with Crippen molar-refractivity contribution >= 4 is 6.29 Å². The summed E-state index contributed by atoms with van der Waals surface area (Å²) in [5.74, 6) is 0.565. The molecule has 0 aliphatic rings. The van der Waals surface area contributed by atoms with Gasteiger partial charge in [-0.3, -0.25) is 4.68 Å². The van der Waals surface area contributed by atoms with Crippen molar-refractivity contribution < 1.29 is 4.79 Å². The molecule has 0 spiro atoms. The highest BCUT2D eigenvalue weighted by atomic mass is 16.1. The molecule has 0 radical (unpaired) electrons. The van der Waals surface area contributed by atoms with E-state index < -0.39 is 0 Å². The molecule has 0 aliphatic carbocycles. The molecule has 1 aromatic heterocycles.